The Morgan fingerprint density at radius 2 is 1.68 bits per heavy atom. The minimum atomic E-state index is -0.974. The number of carbonyl (C=O) groups is 2. The van der Waals surface area contributed by atoms with Crippen molar-refractivity contribution in [3.05, 3.63) is 0 Å². The number of urea groups is 1. The highest BCUT2D eigenvalue weighted by Gasteiger charge is 2.19. The molecule has 0 aromatic carbocycles. The molecule has 0 bridgehead atoms. The number of nitrogens with one attached hydrogen (secondary N) is 2. The summed E-state index contributed by atoms with van der Waals surface area (Å²) in [4.78, 5) is 22.7. The van der Waals surface area contributed by atoms with Crippen LogP contribution in [0.25, 0.3) is 0 Å². The fourth-order valence-corrected chi connectivity index (χ4v) is 1.74. The lowest BCUT2D eigenvalue weighted by molar-refractivity contribution is -0.139. The van der Waals surface area contributed by atoms with Crippen LogP contribution in [0.1, 0.15) is 59.8 Å². The number of rotatable bonds is 9. The largest absolute Gasteiger partial charge is 0.480 e. The van der Waals surface area contributed by atoms with Gasteiger partial charge in [0.25, 0.3) is 0 Å². The number of hydrogen-bond acceptors (Lipinski definition) is 2. The maximum Gasteiger partial charge on any atom is 0.326 e. The molecule has 5 heteroatoms. The highest BCUT2D eigenvalue weighted by atomic mass is 16.4. The third-order valence-electron chi connectivity index (χ3n) is 3.00. The predicted molar refractivity (Wildman–Crippen MR) is 76.2 cm³/mol. The molecule has 5 nitrogen and oxygen atoms in total. The van der Waals surface area contributed by atoms with Crippen LogP contribution in [0, 0.1) is 5.92 Å². The van der Waals surface area contributed by atoms with Crippen molar-refractivity contribution in [1.29, 1.82) is 0 Å². The van der Waals surface area contributed by atoms with Crippen LogP contribution in [-0.2, 0) is 4.79 Å². The molecule has 3 N–H and O–H groups in total. The Balaban J connectivity index is 4.07. The van der Waals surface area contributed by atoms with Gasteiger partial charge in [0, 0.05) is 6.04 Å². The van der Waals surface area contributed by atoms with Gasteiger partial charge >= 0.3 is 12.0 Å². The van der Waals surface area contributed by atoms with Gasteiger partial charge in [-0.15, -0.1) is 0 Å². The molecule has 0 saturated heterocycles. The fraction of sp³-hybridized carbons (Fsp3) is 0.857. The summed E-state index contributed by atoms with van der Waals surface area (Å²) in [5.74, 6) is -0.373. The number of aliphatic carboxylic acids is 1. The van der Waals surface area contributed by atoms with Crippen molar-refractivity contribution in [2.75, 3.05) is 0 Å². The van der Waals surface area contributed by atoms with Crippen LogP contribution in [0.2, 0.25) is 0 Å². The van der Waals surface area contributed by atoms with Gasteiger partial charge in [-0.05, 0) is 32.1 Å². The van der Waals surface area contributed by atoms with Gasteiger partial charge in [0.15, 0.2) is 0 Å². The Morgan fingerprint density at radius 3 is 2.16 bits per heavy atom. The minimum absolute atomic E-state index is 0.0584. The normalized spacial score (nSPS) is 13.9. The first-order chi connectivity index (χ1) is 8.86. The van der Waals surface area contributed by atoms with Gasteiger partial charge in [-0.3, -0.25) is 0 Å². The number of unbranched alkanes of at least 4 members (excludes halogenated alkanes) is 1. The van der Waals surface area contributed by atoms with Crippen LogP contribution in [0.3, 0.4) is 0 Å². The molecular formula is C14H28N2O3. The molecule has 0 heterocycles. The lowest BCUT2D eigenvalue weighted by atomic mass is 10.0. The molecule has 0 radical (unpaired) electrons. The second-order valence-corrected chi connectivity index (χ2v) is 5.52. The molecule has 0 aliphatic carbocycles. The Kier molecular flexibility index (Phi) is 9.00. The molecule has 112 valence electrons. The van der Waals surface area contributed by atoms with Crippen LogP contribution in [0.5, 0.6) is 0 Å². The standard InChI is InChI=1S/C14H28N2O3/c1-5-6-7-12(13(17)18)16-14(19)15-11(4)9-8-10(2)3/h10-12H,5-9H2,1-4H3,(H,17,18)(H2,15,16,19)/t11?,12-/m0/s1. The number of carboxylic acid groups (broad SMARTS) is 1. The summed E-state index contributed by atoms with van der Waals surface area (Å²) in [6, 6.07) is -1.12. The maximum atomic E-state index is 11.7. The van der Waals surface area contributed by atoms with Crippen molar-refractivity contribution >= 4 is 12.0 Å². The van der Waals surface area contributed by atoms with Gasteiger partial charge in [0.2, 0.25) is 0 Å². The Bertz CT molecular complexity index is 280. The van der Waals surface area contributed by atoms with Crippen LogP contribution in [0.15, 0.2) is 0 Å². The molecular weight excluding hydrogens is 244 g/mol. The molecule has 2 atom stereocenters. The molecule has 19 heavy (non-hydrogen) atoms. The molecule has 0 spiro atoms. The molecule has 0 aliphatic heterocycles. The molecule has 0 aromatic heterocycles. The van der Waals surface area contributed by atoms with Crippen LogP contribution < -0.4 is 10.6 Å². The lowest BCUT2D eigenvalue weighted by Gasteiger charge is -2.18. The first-order valence-electron chi connectivity index (χ1n) is 7.16. The number of hydrogen-bond donors (Lipinski definition) is 3. The van der Waals surface area contributed by atoms with Crippen molar-refractivity contribution in [3.63, 3.8) is 0 Å². The maximum absolute atomic E-state index is 11.7. The highest BCUT2D eigenvalue weighted by Crippen LogP contribution is 2.06. The first kappa shape index (κ1) is 17.7. The van der Waals surface area contributed by atoms with E-state index in [0.29, 0.717) is 12.3 Å². The second kappa shape index (κ2) is 9.64. The van der Waals surface area contributed by atoms with Crippen molar-refractivity contribution < 1.29 is 14.7 Å². The zero-order chi connectivity index (χ0) is 14.8. The smallest absolute Gasteiger partial charge is 0.326 e. The number of amides is 2. The van der Waals surface area contributed by atoms with Gasteiger partial charge < -0.3 is 15.7 Å². The monoisotopic (exact) mass is 272 g/mol. The number of carboxylic acids is 1. The topological polar surface area (TPSA) is 78.4 Å². The van der Waals surface area contributed by atoms with E-state index in [1.54, 1.807) is 0 Å². The van der Waals surface area contributed by atoms with Crippen molar-refractivity contribution in [2.24, 2.45) is 5.92 Å². The summed E-state index contributed by atoms with van der Waals surface area (Å²) in [6.45, 7) is 8.20. The molecule has 1 unspecified atom stereocenters. The van der Waals surface area contributed by atoms with E-state index in [-0.39, 0.29) is 12.1 Å². The van der Waals surface area contributed by atoms with Gasteiger partial charge in [-0.25, -0.2) is 9.59 Å². The summed E-state index contributed by atoms with van der Waals surface area (Å²) in [5, 5.41) is 14.3. The van der Waals surface area contributed by atoms with Crippen LogP contribution >= 0.6 is 0 Å². The predicted octanol–water partition coefficient (Wildman–Crippen LogP) is 2.75. The summed E-state index contributed by atoms with van der Waals surface area (Å²) in [5.41, 5.74) is 0. The third kappa shape index (κ3) is 9.33. The van der Waals surface area contributed by atoms with E-state index in [1.807, 2.05) is 13.8 Å². The van der Waals surface area contributed by atoms with Gasteiger partial charge in [-0.1, -0.05) is 33.6 Å². The van der Waals surface area contributed by atoms with E-state index >= 15 is 0 Å². The van der Waals surface area contributed by atoms with E-state index in [0.717, 1.165) is 25.7 Å². The van der Waals surface area contributed by atoms with E-state index in [2.05, 4.69) is 24.5 Å². The summed E-state index contributed by atoms with van der Waals surface area (Å²) in [7, 11) is 0. The lowest BCUT2D eigenvalue weighted by Crippen LogP contribution is -2.48. The fourth-order valence-electron chi connectivity index (χ4n) is 1.74. The zero-order valence-electron chi connectivity index (χ0n) is 12.5. The SMILES string of the molecule is CCCC[C@H](NC(=O)NC(C)CCC(C)C)C(=O)O. The second-order valence-electron chi connectivity index (χ2n) is 5.52. The summed E-state index contributed by atoms with van der Waals surface area (Å²) >= 11 is 0. The van der Waals surface area contributed by atoms with Gasteiger partial charge in [-0.2, -0.15) is 0 Å². The van der Waals surface area contributed by atoms with E-state index in [1.165, 1.54) is 0 Å². The number of carbonyl (C=O) groups excluding carboxylic acids is 1. The van der Waals surface area contributed by atoms with Gasteiger partial charge in [0.1, 0.15) is 6.04 Å². The quantitative estimate of drug-likeness (QED) is 0.604. The Morgan fingerprint density at radius 1 is 1.05 bits per heavy atom. The van der Waals surface area contributed by atoms with E-state index in [9.17, 15) is 9.59 Å². The Hall–Kier alpha value is -1.26. The van der Waals surface area contributed by atoms with Crippen molar-refractivity contribution in [1.82, 2.24) is 10.6 Å². The Labute approximate surface area is 116 Å². The summed E-state index contributed by atoms with van der Waals surface area (Å²) < 4.78 is 0. The minimum Gasteiger partial charge on any atom is -0.480 e. The molecule has 0 rings (SSSR count). The average Bonchev–Trinajstić information content (AvgIpc) is 2.31. The van der Waals surface area contributed by atoms with Crippen molar-refractivity contribution in [2.45, 2.75) is 71.9 Å². The molecule has 2 amide bonds. The van der Waals surface area contributed by atoms with Crippen LogP contribution in [-0.4, -0.2) is 29.2 Å². The van der Waals surface area contributed by atoms with Crippen molar-refractivity contribution in [3.8, 4) is 0 Å². The average molecular weight is 272 g/mol. The van der Waals surface area contributed by atoms with E-state index < -0.39 is 12.0 Å². The van der Waals surface area contributed by atoms with Gasteiger partial charge in [0.05, 0.1) is 0 Å². The van der Waals surface area contributed by atoms with Crippen LogP contribution in [0.4, 0.5) is 4.79 Å². The summed E-state index contributed by atoms with van der Waals surface area (Å²) in [6.07, 6.45) is 4.12. The molecule has 0 saturated carbocycles. The molecule has 0 aromatic rings. The first-order valence-corrected chi connectivity index (χ1v) is 7.16. The molecule has 0 fully saturated rings. The van der Waals surface area contributed by atoms with E-state index in [4.69, 9.17) is 5.11 Å². The molecule has 0 aliphatic rings. The highest BCUT2D eigenvalue weighted by molar-refractivity contribution is 5.82. The third-order valence-corrected chi connectivity index (χ3v) is 3.00. The zero-order valence-corrected chi connectivity index (χ0v) is 12.5.